The van der Waals surface area contributed by atoms with Crippen molar-refractivity contribution in [3.8, 4) is 21.8 Å². The average Bonchev–Trinajstić information content (AvgIpc) is 3.44. The molecule has 1 N–H and O–H groups in total. The second kappa shape index (κ2) is 7.26. The predicted octanol–water partition coefficient (Wildman–Crippen LogP) is 5.24. The highest BCUT2D eigenvalue weighted by Crippen LogP contribution is 2.60. The van der Waals surface area contributed by atoms with Crippen molar-refractivity contribution >= 4 is 17.3 Å². The Morgan fingerprint density at radius 1 is 1.06 bits per heavy atom. The normalized spacial score (nSPS) is 28.7. The van der Waals surface area contributed by atoms with Crippen molar-refractivity contribution in [1.82, 2.24) is 20.4 Å². The number of nitrogens with zero attached hydrogens (tertiary/aromatic N) is 3. The Hall–Kier alpha value is -2.54. The predicted molar refractivity (Wildman–Crippen MR) is 119 cm³/mol. The average molecular weight is 435 g/mol. The van der Waals surface area contributed by atoms with Crippen LogP contribution in [0.2, 0.25) is 0 Å². The quantitative estimate of drug-likeness (QED) is 0.556. The number of aromatic nitrogens is 4. The molecule has 4 saturated carbocycles. The van der Waals surface area contributed by atoms with Crippen LogP contribution in [0.3, 0.4) is 0 Å². The van der Waals surface area contributed by atoms with Crippen LogP contribution >= 0.6 is 11.3 Å². The van der Waals surface area contributed by atoms with Gasteiger partial charge in [-0.15, -0.1) is 16.4 Å². The highest BCUT2D eigenvalue weighted by Gasteiger charge is 2.52. The Morgan fingerprint density at radius 2 is 1.71 bits per heavy atom. The van der Waals surface area contributed by atoms with Gasteiger partial charge in [0.05, 0.1) is 12.3 Å². The van der Waals surface area contributed by atoms with Gasteiger partial charge in [0.2, 0.25) is 0 Å². The fourth-order valence-electron chi connectivity index (χ4n) is 6.62. The summed E-state index contributed by atoms with van der Waals surface area (Å²) in [7, 11) is 0. The van der Waals surface area contributed by atoms with E-state index in [0.29, 0.717) is 17.7 Å². The summed E-state index contributed by atoms with van der Waals surface area (Å²) in [6.07, 6.45) is 8.37. The molecular weight excluding hydrogens is 408 g/mol. The zero-order chi connectivity index (χ0) is 21.0. The van der Waals surface area contributed by atoms with Gasteiger partial charge in [-0.2, -0.15) is 10.3 Å². The van der Waals surface area contributed by atoms with E-state index in [2.05, 4.69) is 32.9 Å². The SMILES string of the molecule is CCOC(=O)c1n[nH]nc1-c1ccc(-c2nc(C34CC5CC(CC(C5)C3)C4)cs2)cc1. The first-order chi connectivity index (χ1) is 15.1. The van der Waals surface area contributed by atoms with Gasteiger partial charge < -0.3 is 4.74 Å². The van der Waals surface area contributed by atoms with Crippen molar-refractivity contribution in [2.75, 3.05) is 6.61 Å². The molecule has 4 aliphatic rings. The van der Waals surface area contributed by atoms with Gasteiger partial charge in [-0.05, 0) is 63.2 Å². The van der Waals surface area contributed by atoms with Crippen LogP contribution in [0, 0.1) is 17.8 Å². The maximum Gasteiger partial charge on any atom is 0.361 e. The van der Waals surface area contributed by atoms with Gasteiger partial charge in [-0.3, -0.25) is 0 Å². The Morgan fingerprint density at radius 3 is 2.35 bits per heavy atom. The molecule has 2 aromatic heterocycles. The molecule has 1 aromatic carbocycles. The molecule has 0 unspecified atom stereocenters. The third kappa shape index (κ3) is 3.21. The summed E-state index contributed by atoms with van der Waals surface area (Å²) in [5.74, 6) is 2.31. The van der Waals surface area contributed by atoms with Gasteiger partial charge in [-0.25, -0.2) is 9.78 Å². The first-order valence-corrected chi connectivity index (χ1v) is 12.2. The molecule has 0 amide bonds. The Kier molecular flexibility index (Phi) is 4.49. The molecule has 31 heavy (non-hydrogen) atoms. The van der Waals surface area contributed by atoms with E-state index >= 15 is 0 Å². The van der Waals surface area contributed by atoms with Crippen LogP contribution in [-0.4, -0.2) is 33.0 Å². The number of nitrogens with one attached hydrogen (secondary N) is 1. The van der Waals surface area contributed by atoms with E-state index < -0.39 is 5.97 Å². The summed E-state index contributed by atoms with van der Waals surface area (Å²) in [5, 5.41) is 14.0. The molecule has 0 spiro atoms. The minimum Gasteiger partial charge on any atom is -0.461 e. The fraction of sp³-hybridized carbons (Fsp3) is 0.500. The third-order valence-electron chi connectivity index (χ3n) is 7.51. The first-order valence-electron chi connectivity index (χ1n) is 11.3. The Balaban J connectivity index is 1.26. The van der Waals surface area contributed by atoms with Crippen LogP contribution in [0.4, 0.5) is 0 Å². The summed E-state index contributed by atoms with van der Waals surface area (Å²) in [6, 6.07) is 8.06. The molecule has 6 nitrogen and oxygen atoms in total. The van der Waals surface area contributed by atoms with Crippen molar-refractivity contribution in [2.45, 2.75) is 50.9 Å². The van der Waals surface area contributed by atoms with Crippen molar-refractivity contribution in [1.29, 1.82) is 0 Å². The van der Waals surface area contributed by atoms with Crippen molar-refractivity contribution < 1.29 is 9.53 Å². The molecule has 2 heterocycles. The number of rotatable bonds is 5. The van der Waals surface area contributed by atoms with Gasteiger partial charge in [0.15, 0.2) is 5.69 Å². The number of hydrogen-bond acceptors (Lipinski definition) is 6. The summed E-state index contributed by atoms with van der Waals surface area (Å²) in [6.45, 7) is 2.08. The van der Waals surface area contributed by atoms with Gasteiger partial charge in [0, 0.05) is 21.9 Å². The molecule has 160 valence electrons. The minimum atomic E-state index is -0.463. The van der Waals surface area contributed by atoms with E-state index in [1.165, 1.54) is 44.2 Å². The van der Waals surface area contributed by atoms with Crippen molar-refractivity contribution in [2.24, 2.45) is 17.8 Å². The van der Waals surface area contributed by atoms with E-state index in [1.54, 1.807) is 18.3 Å². The van der Waals surface area contributed by atoms with Crippen LogP contribution in [0.5, 0.6) is 0 Å². The lowest BCUT2D eigenvalue weighted by atomic mass is 9.49. The maximum absolute atomic E-state index is 12.1. The molecule has 4 fully saturated rings. The number of H-pyrrole nitrogens is 1. The first kappa shape index (κ1) is 19.2. The largest absolute Gasteiger partial charge is 0.461 e. The highest BCUT2D eigenvalue weighted by molar-refractivity contribution is 7.13. The third-order valence-corrected chi connectivity index (χ3v) is 8.40. The standard InChI is InChI=1S/C24H26N4O2S/c1-2-30-23(29)21-20(26-28-27-21)17-3-5-18(6-4-17)22-25-19(13-31-22)24-10-14-7-15(11-24)9-16(8-14)12-24/h3-6,13-16H,2,7-12H2,1H3,(H,26,27,28). The van der Waals surface area contributed by atoms with Crippen LogP contribution < -0.4 is 0 Å². The highest BCUT2D eigenvalue weighted by atomic mass is 32.1. The molecule has 7 heteroatoms. The van der Waals surface area contributed by atoms with E-state index in [4.69, 9.17) is 9.72 Å². The number of carbonyl (C=O) groups is 1. The van der Waals surface area contributed by atoms with Crippen molar-refractivity contribution in [3.05, 3.63) is 41.0 Å². The molecular formula is C24H26N4O2S. The number of carbonyl (C=O) groups excluding carboxylic acids is 1. The topological polar surface area (TPSA) is 80.8 Å². The van der Waals surface area contributed by atoms with Gasteiger partial charge in [0.25, 0.3) is 0 Å². The van der Waals surface area contributed by atoms with Gasteiger partial charge in [-0.1, -0.05) is 24.3 Å². The van der Waals surface area contributed by atoms with Gasteiger partial charge in [0.1, 0.15) is 10.7 Å². The molecule has 0 radical (unpaired) electrons. The van der Waals surface area contributed by atoms with E-state index in [1.807, 2.05) is 12.1 Å². The number of hydrogen-bond donors (Lipinski definition) is 1. The molecule has 3 aromatic rings. The van der Waals surface area contributed by atoms with Crippen LogP contribution in [0.25, 0.3) is 21.8 Å². The molecule has 4 aliphatic carbocycles. The molecule has 0 saturated heterocycles. The fourth-order valence-corrected chi connectivity index (χ4v) is 7.57. The van der Waals surface area contributed by atoms with E-state index in [-0.39, 0.29) is 5.69 Å². The number of esters is 1. The van der Waals surface area contributed by atoms with Crippen molar-refractivity contribution in [3.63, 3.8) is 0 Å². The lowest BCUT2D eigenvalue weighted by molar-refractivity contribution is -0.00689. The van der Waals surface area contributed by atoms with Crippen LogP contribution in [0.15, 0.2) is 29.6 Å². The number of aromatic amines is 1. The lowest BCUT2D eigenvalue weighted by Crippen LogP contribution is -2.48. The maximum atomic E-state index is 12.1. The monoisotopic (exact) mass is 434 g/mol. The molecule has 0 aliphatic heterocycles. The zero-order valence-corrected chi connectivity index (χ0v) is 18.5. The van der Waals surface area contributed by atoms with Crippen LogP contribution in [-0.2, 0) is 10.2 Å². The summed E-state index contributed by atoms with van der Waals surface area (Å²) in [5.41, 5.74) is 4.33. The van der Waals surface area contributed by atoms with E-state index in [9.17, 15) is 4.79 Å². The van der Waals surface area contributed by atoms with Crippen LogP contribution in [0.1, 0.15) is 61.6 Å². The second-order valence-corrected chi connectivity index (χ2v) is 10.4. The Labute approximate surface area is 185 Å². The Bertz CT molecular complexity index is 1080. The lowest BCUT2D eigenvalue weighted by Gasteiger charge is -2.56. The smallest absolute Gasteiger partial charge is 0.361 e. The second-order valence-electron chi connectivity index (χ2n) is 9.55. The number of ether oxygens (including phenoxy) is 1. The van der Waals surface area contributed by atoms with E-state index in [0.717, 1.165) is 33.9 Å². The zero-order valence-electron chi connectivity index (χ0n) is 17.6. The number of benzene rings is 1. The van der Waals surface area contributed by atoms with Gasteiger partial charge >= 0.3 is 5.97 Å². The minimum absolute atomic E-state index is 0.216. The molecule has 7 rings (SSSR count). The summed E-state index contributed by atoms with van der Waals surface area (Å²) in [4.78, 5) is 17.2. The summed E-state index contributed by atoms with van der Waals surface area (Å²) >= 11 is 1.75. The molecule has 0 atom stereocenters. The number of thiazole rings is 1. The molecule has 4 bridgehead atoms. The summed E-state index contributed by atoms with van der Waals surface area (Å²) < 4.78 is 5.07.